The van der Waals surface area contributed by atoms with Crippen molar-refractivity contribution in [3.63, 3.8) is 0 Å². The first-order valence-corrected chi connectivity index (χ1v) is 13.5. The van der Waals surface area contributed by atoms with Crippen LogP contribution in [0.3, 0.4) is 0 Å². The van der Waals surface area contributed by atoms with Crippen LogP contribution >= 0.6 is 22.9 Å². The normalized spacial score (nSPS) is 26.1. The van der Waals surface area contributed by atoms with Crippen LogP contribution < -0.4 is 10.6 Å². The van der Waals surface area contributed by atoms with Crippen molar-refractivity contribution in [3.8, 4) is 0 Å². The molecule has 2 N–H and O–H groups in total. The summed E-state index contributed by atoms with van der Waals surface area (Å²) in [7, 11) is 0. The number of anilines is 1. The molecule has 3 aromatic heterocycles. The summed E-state index contributed by atoms with van der Waals surface area (Å²) in [6.45, 7) is 8.47. The Balaban J connectivity index is 1.43. The van der Waals surface area contributed by atoms with Gasteiger partial charge in [-0.05, 0) is 51.1 Å². The maximum absolute atomic E-state index is 12.8. The Labute approximate surface area is 214 Å². The average Bonchev–Trinajstić information content (AvgIpc) is 3.57. The monoisotopic (exact) mass is 517 g/mol. The van der Waals surface area contributed by atoms with Gasteiger partial charge in [-0.2, -0.15) is 0 Å². The van der Waals surface area contributed by atoms with E-state index in [0.717, 1.165) is 34.7 Å². The summed E-state index contributed by atoms with van der Waals surface area (Å²) in [5, 5.41) is 9.45. The molecule has 35 heavy (non-hydrogen) atoms. The van der Waals surface area contributed by atoms with Gasteiger partial charge in [0.05, 0.1) is 29.0 Å². The standard InChI is InChI=1S/C25H32ClN5O3S/c1-5-14(11-19-16(26)8-10-35-19)30-17-7-9-28-23-20(17)29-13-31(23)18-12-15(24(32)27-6-2)21-22(18)34-25(3,4)33-21/h7-10,13-15,18,21-22H,5-6,11-12H2,1-4H3,(H,27,32)(H,28,30)/t14-,15+,18-,21-,22+/m1/s1. The van der Waals surface area contributed by atoms with Gasteiger partial charge >= 0.3 is 0 Å². The summed E-state index contributed by atoms with van der Waals surface area (Å²) in [5.74, 6) is -1.03. The Hall–Kier alpha value is -2.20. The second kappa shape index (κ2) is 9.69. The van der Waals surface area contributed by atoms with Crippen molar-refractivity contribution in [2.75, 3.05) is 11.9 Å². The van der Waals surface area contributed by atoms with Gasteiger partial charge in [0, 0.05) is 30.1 Å². The molecule has 2 aliphatic rings. The van der Waals surface area contributed by atoms with Crippen molar-refractivity contribution in [1.82, 2.24) is 19.9 Å². The molecule has 8 nitrogen and oxygen atoms in total. The highest BCUT2D eigenvalue weighted by molar-refractivity contribution is 7.10. The molecule has 5 atom stereocenters. The first kappa shape index (κ1) is 24.5. The van der Waals surface area contributed by atoms with Crippen LogP contribution in [0.5, 0.6) is 0 Å². The highest BCUT2D eigenvalue weighted by atomic mass is 35.5. The number of nitrogens with zero attached hydrogens (tertiary/aromatic N) is 3. The number of hydrogen-bond donors (Lipinski definition) is 2. The zero-order valence-electron chi connectivity index (χ0n) is 20.5. The highest BCUT2D eigenvalue weighted by Crippen LogP contribution is 2.47. The van der Waals surface area contributed by atoms with Crippen molar-refractivity contribution in [1.29, 1.82) is 0 Å². The van der Waals surface area contributed by atoms with Crippen LogP contribution in [-0.2, 0) is 20.7 Å². The Bertz CT molecular complexity index is 1210. The third kappa shape index (κ3) is 4.67. The number of hydrogen-bond acceptors (Lipinski definition) is 7. The number of pyridine rings is 1. The van der Waals surface area contributed by atoms with E-state index in [1.807, 2.05) is 44.6 Å². The molecule has 2 fully saturated rings. The molecule has 10 heteroatoms. The van der Waals surface area contributed by atoms with Crippen LogP contribution in [0.25, 0.3) is 11.2 Å². The third-order valence-electron chi connectivity index (χ3n) is 6.92. The van der Waals surface area contributed by atoms with E-state index in [2.05, 4.69) is 27.1 Å². The maximum Gasteiger partial charge on any atom is 0.225 e. The molecule has 1 saturated carbocycles. The molecule has 0 bridgehead atoms. The molecule has 1 aliphatic heterocycles. The zero-order chi connectivity index (χ0) is 24.7. The van der Waals surface area contributed by atoms with Gasteiger partial charge in [-0.15, -0.1) is 11.3 Å². The number of carbonyl (C=O) groups excluding carboxylic acids is 1. The fourth-order valence-electron chi connectivity index (χ4n) is 5.29. The quantitative estimate of drug-likeness (QED) is 0.446. The van der Waals surface area contributed by atoms with Crippen LogP contribution in [0, 0.1) is 5.92 Å². The Morgan fingerprint density at radius 3 is 2.80 bits per heavy atom. The fraction of sp³-hybridized carbons (Fsp3) is 0.560. The minimum atomic E-state index is -0.743. The molecular formula is C25H32ClN5O3S. The van der Waals surface area contributed by atoms with Gasteiger partial charge in [0.2, 0.25) is 5.91 Å². The van der Waals surface area contributed by atoms with Gasteiger partial charge in [0.25, 0.3) is 0 Å². The molecule has 188 valence electrons. The fourth-order valence-corrected chi connectivity index (χ4v) is 6.49. The van der Waals surface area contributed by atoms with E-state index in [1.165, 1.54) is 4.88 Å². The third-order valence-corrected chi connectivity index (χ3v) is 8.33. The van der Waals surface area contributed by atoms with Crippen LogP contribution in [0.2, 0.25) is 5.02 Å². The van der Waals surface area contributed by atoms with Crippen LogP contribution in [0.1, 0.15) is 51.5 Å². The Morgan fingerprint density at radius 2 is 2.09 bits per heavy atom. The molecule has 1 saturated heterocycles. The molecular weight excluding hydrogens is 486 g/mol. The van der Waals surface area contributed by atoms with Gasteiger partial charge in [-0.3, -0.25) is 4.79 Å². The number of halogens is 1. The van der Waals surface area contributed by atoms with E-state index in [9.17, 15) is 4.79 Å². The van der Waals surface area contributed by atoms with Gasteiger partial charge in [-0.25, -0.2) is 9.97 Å². The first-order valence-electron chi connectivity index (χ1n) is 12.2. The van der Waals surface area contributed by atoms with E-state index < -0.39 is 5.79 Å². The molecule has 1 amide bonds. The van der Waals surface area contributed by atoms with E-state index in [-0.39, 0.29) is 36.1 Å². The van der Waals surface area contributed by atoms with Crippen molar-refractivity contribution >= 4 is 45.7 Å². The summed E-state index contributed by atoms with van der Waals surface area (Å²) >= 11 is 8.02. The second-order valence-electron chi connectivity index (χ2n) is 9.70. The summed E-state index contributed by atoms with van der Waals surface area (Å²) in [5.41, 5.74) is 2.51. The first-order chi connectivity index (χ1) is 16.8. The van der Waals surface area contributed by atoms with Crippen LogP contribution in [0.15, 0.2) is 30.0 Å². The van der Waals surface area contributed by atoms with E-state index >= 15 is 0 Å². The van der Waals surface area contributed by atoms with Crippen molar-refractivity contribution in [3.05, 3.63) is 39.9 Å². The van der Waals surface area contributed by atoms with Crippen molar-refractivity contribution in [2.24, 2.45) is 5.92 Å². The number of imidazole rings is 1. The Kier molecular flexibility index (Phi) is 6.78. The topological polar surface area (TPSA) is 90.3 Å². The number of rotatable bonds is 8. The summed E-state index contributed by atoms with van der Waals surface area (Å²) < 4.78 is 14.5. The predicted octanol–water partition coefficient (Wildman–Crippen LogP) is 4.80. The average molecular weight is 518 g/mol. The summed E-state index contributed by atoms with van der Waals surface area (Å²) in [6, 6.07) is 4.02. The number of aromatic nitrogens is 3. The highest BCUT2D eigenvalue weighted by Gasteiger charge is 2.56. The zero-order valence-corrected chi connectivity index (χ0v) is 22.0. The summed E-state index contributed by atoms with van der Waals surface area (Å²) in [4.78, 5) is 23.4. The van der Waals surface area contributed by atoms with Gasteiger partial charge in [0.1, 0.15) is 17.7 Å². The molecule has 0 unspecified atom stereocenters. The van der Waals surface area contributed by atoms with Gasteiger partial charge < -0.3 is 24.7 Å². The minimum Gasteiger partial charge on any atom is -0.380 e. The largest absolute Gasteiger partial charge is 0.380 e. The van der Waals surface area contributed by atoms with Gasteiger partial charge in [0.15, 0.2) is 11.4 Å². The number of ether oxygens (including phenoxy) is 2. The predicted molar refractivity (Wildman–Crippen MR) is 138 cm³/mol. The lowest BCUT2D eigenvalue weighted by molar-refractivity contribution is -0.163. The van der Waals surface area contributed by atoms with Crippen molar-refractivity contribution in [2.45, 2.75) is 77.0 Å². The summed E-state index contributed by atoms with van der Waals surface area (Å²) in [6.07, 6.45) is 5.46. The lowest BCUT2D eigenvalue weighted by Gasteiger charge is -2.24. The molecule has 0 radical (unpaired) electrons. The van der Waals surface area contributed by atoms with Crippen molar-refractivity contribution < 1.29 is 14.3 Å². The lowest BCUT2D eigenvalue weighted by atomic mass is 10.0. The SMILES string of the molecule is CCNC(=O)[C@H]1C[C@@H](n2cnc3c(N[C@H](CC)Cc4sccc4Cl)ccnc32)[C@@H]2OC(C)(C)O[C@@H]21. The smallest absolute Gasteiger partial charge is 0.225 e. The molecule has 1 aliphatic carbocycles. The number of nitrogens with one attached hydrogen (secondary N) is 2. The van der Waals surface area contributed by atoms with E-state index in [1.54, 1.807) is 17.5 Å². The number of amides is 1. The molecule has 0 aromatic carbocycles. The second-order valence-corrected chi connectivity index (χ2v) is 11.1. The molecule has 4 heterocycles. The Morgan fingerprint density at radius 1 is 1.29 bits per heavy atom. The minimum absolute atomic E-state index is 0.00376. The van der Waals surface area contributed by atoms with Crippen LogP contribution in [-0.4, -0.2) is 51.0 Å². The molecule has 0 spiro atoms. The number of fused-ring (bicyclic) bond motifs is 2. The maximum atomic E-state index is 12.8. The number of thiophene rings is 1. The number of carbonyl (C=O) groups is 1. The van der Waals surface area contributed by atoms with Gasteiger partial charge in [-0.1, -0.05) is 18.5 Å². The van der Waals surface area contributed by atoms with E-state index in [0.29, 0.717) is 13.0 Å². The molecule has 5 rings (SSSR count). The van der Waals surface area contributed by atoms with Crippen LogP contribution in [0.4, 0.5) is 5.69 Å². The molecule has 3 aromatic rings. The lowest BCUT2D eigenvalue weighted by Crippen LogP contribution is -2.37. The van der Waals surface area contributed by atoms with E-state index in [4.69, 9.17) is 26.1 Å².